The first-order valence-electron chi connectivity index (χ1n) is 6.45. The molecule has 120 valence electrons. The fourth-order valence-corrected chi connectivity index (χ4v) is 2.38. The second-order valence-electron chi connectivity index (χ2n) is 4.46. The minimum Gasteiger partial charge on any atom is -0.496 e. The van der Waals surface area contributed by atoms with Crippen molar-refractivity contribution in [2.75, 3.05) is 13.7 Å². The molecule has 5 nitrogen and oxygen atoms in total. The van der Waals surface area contributed by atoms with Gasteiger partial charge in [0.1, 0.15) is 11.6 Å². The Hall–Kier alpha value is -1.70. The van der Waals surface area contributed by atoms with E-state index < -0.39 is 5.82 Å². The molecule has 0 amide bonds. The fourth-order valence-electron chi connectivity index (χ4n) is 2.09. The summed E-state index contributed by atoms with van der Waals surface area (Å²) in [5, 5.41) is 0. The molecule has 1 aromatic heterocycles. The minimum atomic E-state index is -0.410. The predicted octanol–water partition coefficient (Wildman–Crippen LogP) is 2.49. The van der Waals surface area contributed by atoms with Gasteiger partial charge in [-0.1, -0.05) is 0 Å². The number of nitrogens with zero attached hydrogens (tertiary/aromatic N) is 1. The third-order valence-corrected chi connectivity index (χ3v) is 3.38. The Bertz CT molecular complexity index is 760. The van der Waals surface area contributed by atoms with Crippen LogP contribution in [0.3, 0.4) is 0 Å². The van der Waals surface area contributed by atoms with Gasteiger partial charge < -0.3 is 15.0 Å². The van der Waals surface area contributed by atoms with Crippen molar-refractivity contribution in [2.45, 2.75) is 13.0 Å². The zero-order valence-corrected chi connectivity index (χ0v) is 13.6. The summed E-state index contributed by atoms with van der Waals surface area (Å²) in [6, 6.07) is 5.57. The number of halogens is 2. The van der Waals surface area contributed by atoms with E-state index in [4.69, 9.17) is 22.7 Å². The first-order valence-corrected chi connectivity index (χ1v) is 6.85. The van der Waals surface area contributed by atoms with E-state index in [0.29, 0.717) is 41.3 Å². The molecule has 1 aromatic carbocycles. The third-order valence-electron chi connectivity index (χ3n) is 3.06. The van der Waals surface area contributed by atoms with Gasteiger partial charge in [-0.25, -0.2) is 4.39 Å². The normalized spacial score (nSPS) is 10.1. The minimum absolute atomic E-state index is 0. The van der Waals surface area contributed by atoms with Crippen LogP contribution in [0.25, 0.3) is 11.3 Å². The van der Waals surface area contributed by atoms with Crippen molar-refractivity contribution < 1.29 is 9.13 Å². The number of nitrogens with one attached hydrogen (secondary N) is 1. The molecule has 3 N–H and O–H groups in total. The maximum absolute atomic E-state index is 13.3. The zero-order chi connectivity index (χ0) is 15.4. The summed E-state index contributed by atoms with van der Waals surface area (Å²) >= 11 is 5.20. The zero-order valence-electron chi connectivity index (χ0n) is 12.0. The Morgan fingerprint density at radius 1 is 1.41 bits per heavy atom. The van der Waals surface area contributed by atoms with Crippen LogP contribution in [-0.4, -0.2) is 23.2 Å². The molecule has 2 rings (SSSR count). The lowest BCUT2D eigenvalue weighted by Crippen LogP contribution is -2.16. The standard InChI is InChI=1S/C14H16FN3O2S.ClH/c1-20-12-7-9(15)3-4-10(12)11-8-13(19)17-14(21)18(11)6-2-5-16;/h3-4,7-8H,2,5-6,16H2,1H3,(H,17,19,21);1H. The summed E-state index contributed by atoms with van der Waals surface area (Å²) in [6.07, 6.45) is 0.705. The Morgan fingerprint density at radius 2 is 2.14 bits per heavy atom. The van der Waals surface area contributed by atoms with E-state index in [1.54, 1.807) is 10.6 Å². The highest BCUT2D eigenvalue weighted by atomic mass is 35.5. The second-order valence-corrected chi connectivity index (χ2v) is 4.85. The van der Waals surface area contributed by atoms with E-state index in [1.807, 2.05) is 0 Å². The van der Waals surface area contributed by atoms with Crippen LogP contribution in [0.5, 0.6) is 5.75 Å². The van der Waals surface area contributed by atoms with Crippen LogP contribution in [0.2, 0.25) is 0 Å². The van der Waals surface area contributed by atoms with Crippen molar-refractivity contribution in [1.29, 1.82) is 0 Å². The first kappa shape index (κ1) is 18.3. The molecular formula is C14H17ClFN3O2S. The van der Waals surface area contributed by atoms with Crippen LogP contribution >= 0.6 is 24.6 Å². The van der Waals surface area contributed by atoms with Crippen molar-refractivity contribution in [2.24, 2.45) is 5.73 Å². The van der Waals surface area contributed by atoms with Crippen LogP contribution in [0.4, 0.5) is 4.39 Å². The summed E-state index contributed by atoms with van der Waals surface area (Å²) in [5.41, 5.74) is 6.40. The molecule has 0 fully saturated rings. The van der Waals surface area contributed by atoms with Gasteiger partial charge in [0.15, 0.2) is 4.77 Å². The molecule has 0 saturated heterocycles. The molecule has 0 aliphatic rings. The number of hydrogen-bond acceptors (Lipinski definition) is 4. The number of H-pyrrole nitrogens is 1. The molecule has 0 aliphatic heterocycles. The van der Waals surface area contributed by atoms with E-state index in [9.17, 15) is 9.18 Å². The van der Waals surface area contributed by atoms with Crippen molar-refractivity contribution in [1.82, 2.24) is 9.55 Å². The van der Waals surface area contributed by atoms with Crippen LogP contribution in [0, 0.1) is 10.6 Å². The van der Waals surface area contributed by atoms with Crippen molar-refractivity contribution in [3.8, 4) is 17.0 Å². The van der Waals surface area contributed by atoms with Gasteiger partial charge in [-0.2, -0.15) is 0 Å². The van der Waals surface area contributed by atoms with Crippen molar-refractivity contribution >= 4 is 24.6 Å². The topological polar surface area (TPSA) is 73.0 Å². The molecule has 0 saturated carbocycles. The van der Waals surface area contributed by atoms with Gasteiger partial charge in [0.05, 0.1) is 12.8 Å². The van der Waals surface area contributed by atoms with Crippen molar-refractivity contribution in [3.05, 3.63) is 45.2 Å². The molecule has 22 heavy (non-hydrogen) atoms. The number of methoxy groups -OCH3 is 1. The van der Waals surface area contributed by atoms with Gasteiger partial charge >= 0.3 is 0 Å². The molecule has 0 atom stereocenters. The van der Waals surface area contributed by atoms with E-state index in [1.165, 1.54) is 25.3 Å². The predicted molar refractivity (Wildman–Crippen MR) is 88.8 cm³/mol. The summed E-state index contributed by atoms with van der Waals surface area (Å²) < 4.78 is 20.6. The highest BCUT2D eigenvalue weighted by molar-refractivity contribution is 7.71. The second kappa shape index (κ2) is 8.07. The van der Waals surface area contributed by atoms with Gasteiger partial charge in [0, 0.05) is 24.2 Å². The van der Waals surface area contributed by atoms with E-state index in [2.05, 4.69) is 4.98 Å². The first-order chi connectivity index (χ1) is 10.1. The molecule has 0 aliphatic carbocycles. The SMILES string of the molecule is COc1cc(F)ccc1-c1cc(=O)[nH]c(=S)n1CCCN.Cl. The summed E-state index contributed by atoms with van der Waals surface area (Å²) in [4.78, 5) is 14.3. The number of hydrogen-bond donors (Lipinski definition) is 2. The average molecular weight is 346 g/mol. The molecule has 1 heterocycles. The van der Waals surface area contributed by atoms with Crippen LogP contribution in [0.15, 0.2) is 29.1 Å². The Kier molecular flexibility index (Phi) is 6.73. The number of benzene rings is 1. The lowest BCUT2D eigenvalue weighted by atomic mass is 10.1. The molecule has 2 aromatic rings. The van der Waals surface area contributed by atoms with Crippen LogP contribution < -0.4 is 16.0 Å². The molecule has 0 spiro atoms. The Labute approximate surface area is 138 Å². The molecule has 0 unspecified atom stereocenters. The number of nitrogens with two attached hydrogens (primary N) is 1. The maximum Gasteiger partial charge on any atom is 0.252 e. The third kappa shape index (κ3) is 3.94. The van der Waals surface area contributed by atoms with Gasteiger partial charge in [-0.3, -0.25) is 9.78 Å². The van der Waals surface area contributed by atoms with Gasteiger partial charge in [0.2, 0.25) is 0 Å². The molecule has 0 radical (unpaired) electrons. The quantitative estimate of drug-likeness (QED) is 0.817. The van der Waals surface area contributed by atoms with E-state index in [0.717, 1.165) is 0 Å². The fraction of sp³-hybridized carbons (Fsp3) is 0.286. The lowest BCUT2D eigenvalue weighted by Gasteiger charge is -2.15. The molecule has 0 bridgehead atoms. The monoisotopic (exact) mass is 345 g/mol. The van der Waals surface area contributed by atoms with Crippen molar-refractivity contribution in [3.63, 3.8) is 0 Å². The van der Waals surface area contributed by atoms with Gasteiger partial charge in [-0.05, 0) is 37.3 Å². The molecular weight excluding hydrogens is 329 g/mol. The number of rotatable bonds is 5. The summed E-state index contributed by atoms with van der Waals surface area (Å²) in [5.74, 6) is -0.0657. The Morgan fingerprint density at radius 3 is 2.77 bits per heavy atom. The highest BCUT2D eigenvalue weighted by Crippen LogP contribution is 2.30. The molecule has 8 heteroatoms. The summed E-state index contributed by atoms with van der Waals surface area (Å²) in [6.45, 7) is 1.06. The van der Waals surface area contributed by atoms with Crippen LogP contribution in [-0.2, 0) is 6.54 Å². The summed E-state index contributed by atoms with van der Waals surface area (Å²) in [7, 11) is 1.45. The van der Waals surface area contributed by atoms with Gasteiger partial charge in [0.25, 0.3) is 5.56 Å². The van der Waals surface area contributed by atoms with E-state index in [-0.39, 0.29) is 18.0 Å². The lowest BCUT2D eigenvalue weighted by molar-refractivity contribution is 0.412. The smallest absolute Gasteiger partial charge is 0.252 e. The largest absolute Gasteiger partial charge is 0.496 e. The maximum atomic E-state index is 13.3. The number of aromatic amines is 1. The van der Waals surface area contributed by atoms with Gasteiger partial charge in [-0.15, -0.1) is 12.4 Å². The number of aromatic nitrogens is 2. The average Bonchev–Trinajstić information content (AvgIpc) is 2.45. The van der Waals surface area contributed by atoms with Crippen LogP contribution in [0.1, 0.15) is 6.42 Å². The highest BCUT2D eigenvalue weighted by Gasteiger charge is 2.12. The Balaban J connectivity index is 0.00000242. The van der Waals surface area contributed by atoms with E-state index >= 15 is 0 Å². The number of ether oxygens (including phenoxy) is 1.